The van der Waals surface area contributed by atoms with Crippen LogP contribution in [0.2, 0.25) is 0 Å². The van der Waals surface area contributed by atoms with E-state index in [1.54, 1.807) is 82.3 Å². The van der Waals surface area contributed by atoms with E-state index >= 15 is 0 Å². The van der Waals surface area contributed by atoms with Crippen molar-refractivity contribution in [2.24, 2.45) is 0 Å². The first-order chi connectivity index (χ1) is 17.4. The molecule has 200 valence electrons. The number of aromatic nitrogens is 1. The Morgan fingerprint density at radius 2 is 1.70 bits per heavy atom. The molecular weight excluding hydrogens is 498 g/mol. The van der Waals surface area contributed by atoms with Crippen molar-refractivity contribution in [1.29, 1.82) is 0 Å². The Kier molecular flexibility index (Phi) is 8.93. The number of aliphatic hydroxyl groups is 1. The lowest BCUT2D eigenvalue weighted by molar-refractivity contribution is -0.124. The zero-order chi connectivity index (χ0) is 27.2. The molecule has 0 aliphatic carbocycles. The molecular formula is C26H33N3O7S. The molecule has 1 heterocycles. The number of nitrogens with one attached hydrogen (secondary N) is 2. The van der Waals surface area contributed by atoms with E-state index in [4.69, 9.17) is 9.15 Å². The summed E-state index contributed by atoms with van der Waals surface area (Å²) in [6.45, 7) is 6.69. The van der Waals surface area contributed by atoms with Crippen LogP contribution in [0.15, 0.2) is 59.0 Å². The Balaban J connectivity index is 1.79. The van der Waals surface area contributed by atoms with Gasteiger partial charge < -0.3 is 24.9 Å². The summed E-state index contributed by atoms with van der Waals surface area (Å²) in [5.41, 5.74) is 0.725. The highest BCUT2D eigenvalue weighted by atomic mass is 32.2. The van der Waals surface area contributed by atoms with Crippen LogP contribution in [0.25, 0.3) is 11.1 Å². The third kappa shape index (κ3) is 8.29. The minimum Gasteiger partial charge on any atom is -0.444 e. The molecule has 10 nitrogen and oxygen atoms in total. The lowest BCUT2D eigenvalue weighted by atomic mass is 10.1. The van der Waals surface area contributed by atoms with Crippen molar-refractivity contribution in [3.05, 3.63) is 66.1 Å². The van der Waals surface area contributed by atoms with E-state index in [1.807, 2.05) is 0 Å². The zero-order valence-electron chi connectivity index (χ0n) is 21.3. The van der Waals surface area contributed by atoms with Crippen LogP contribution in [-0.2, 0) is 25.1 Å². The van der Waals surface area contributed by atoms with E-state index in [9.17, 15) is 23.1 Å². The van der Waals surface area contributed by atoms with Crippen molar-refractivity contribution in [3.8, 4) is 0 Å². The van der Waals surface area contributed by atoms with Gasteiger partial charge in [-0.15, -0.1) is 0 Å². The summed E-state index contributed by atoms with van der Waals surface area (Å²) in [7, 11) is -3.82. The molecule has 2 aromatic carbocycles. The molecule has 0 aliphatic rings. The molecule has 3 aromatic rings. The first-order valence-corrected chi connectivity index (χ1v) is 13.8. The fourth-order valence-corrected chi connectivity index (χ4v) is 5.21. The summed E-state index contributed by atoms with van der Waals surface area (Å²) in [6.07, 6.45) is -1.96. The monoisotopic (exact) mass is 531 g/mol. The average Bonchev–Trinajstić information content (AvgIpc) is 3.25. The molecule has 0 aliphatic heterocycles. The number of para-hydroxylation sites is 2. The van der Waals surface area contributed by atoms with Crippen molar-refractivity contribution in [1.82, 2.24) is 15.6 Å². The van der Waals surface area contributed by atoms with E-state index in [1.165, 1.54) is 0 Å². The number of ether oxygens (including phenoxy) is 1. The lowest BCUT2D eigenvalue weighted by Crippen LogP contribution is -2.54. The normalized spacial score (nSPS) is 14.5. The van der Waals surface area contributed by atoms with E-state index in [0.717, 1.165) is 0 Å². The van der Waals surface area contributed by atoms with Gasteiger partial charge >= 0.3 is 6.09 Å². The summed E-state index contributed by atoms with van der Waals surface area (Å²) in [4.78, 5) is 30.0. The van der Waals surface area contributed by atoms with E-state index in [-0.39, 0.29) is 18.1 Å². The van der Waals surface area contributed by atoms with Gasteiger partial charge in [-0.3, -0.25) is 4.79 Å². The van der Waals surface area contributed by atoms with Crippen LogP contribution in [0.4, 0.5) is 4.79 Å². The van der Waals surface area contributed by atoms with E-state index in [2.05, 4.69) is 15.6 Å². The molecule has 3 rings (SSSR count). The second-order valence-electron chi connectivity index (χ2n) is 9.73. The molecule has 37 heavy (non-hydrogen) atoms. The zero-order valence-corrected chi connectivity index (χ0v) is 22.1. The molecule has 0 bridgehead atoms. The van der Waals surface area contributed by atoms with Crippen LogP contribution in [0, 0.1) is 0 Å². The first kappa shape index (κ1) is 28.1. The summed E-state index contributed by atoms with van der Waals surface area (Å²) in [5, 5.41) is 15.9. The largest absolute Gasteiger partial charge is 0.444 e. The van der Waals surface area contributed by atoms with Crippen LogP contribution in [0.3, 0.4) is 0 Å². The third-order valence-corrected chi connectivity index (χ3v) is 6.98. The number of amides is 2. The maximum Gasteiger partial charge on any atom is 0.408 e. The van der Waals surface area contributed by atoms with Gasteiger partial charge in [-0.05, 0) is 44.9 Å². The number of fused-ring (bicyclic) bond motifs is 1. The Morgan fingerprint density at radius 3 is 2.32 bits per heavy atom. The molecule has 3 atom stereocenters. The van der Waals surface area contributed by atoms with Crippen molar-refractivity contribution in [2.75, 3.05) is 5.75 Å². The molecule has 0 saturated carbocycles. The fraction of sp³-hybridized carbons (Fsp3) is 0.423. The van der Waals surface area contributed by atoms with Crippen LogP contribution < -0.4 is 10.6 Å². The van der Waals surface area contributed by atoms with Gasteiger partial charge in [0.15, 0.2) is 21.5 Å². The van der Waals surface area contributed by atoms with Crippen LogP contribution in [0.5, 0.6) is 0 Å². The molecule has 0 fully saturated rings. The van der Waals surface area contributed by atoms with Crippen LogP contribution in [0.1, 0.15) is 51.7 Å². The Morgan fingerprint density at radius 1 is 1.05 bits per heavy atom. The van der Waals surface area contributed by atoms with Gasteiger partial charge in [-0.2, -0.15) is 0 Å². The van der Waals surface area contributed by atoms with Gasteiger partial charge in [0.1, 0.15) is 17.2 Å². The second-order valence-corrected chi connectivity index (χ2v) is 11.8. The topological polar surface area (TPSA) is 148 Å². The summed E-state index contributed by atoms with van der Waals surface area (Å²) >= 11 is 0. The number of benzene rings is 2. The van der Waals surface area contributed by atoms with Gasteiger partial charge in [0.2, 0.25) is 11.8 Å². The number of oxazole rings is 1. The predicted molar refractivity (Wildman–Crippen MR) is 138 cm³/mol. The predicted octanol–water partition coefficient (Wildman–Crippen LogP) is 3.26. The number of hydrogen-bond acceptors (Lipinski definition) is 8. The number of rotatable bonds is 10. The highest BCUT2D eigenvalue weighted by molar-refractivity contribution is 7.90. The summed E-state index contributed by atoms with van der Waals surface area (Å²) in [6, 6.07) is 13.2. The van der Waals surface area contributed by atoms with E-state index < -0.39 is 51.4 Å². The molecule has 0 radical (unpaired) electrons. The smallest absolute Gasteiger partial charge is 0.408 e. The summed E-state index contributed by atoms with van der Waals surface area (Å²) < 4.78 is 36.7. The maximum absolute atomic E-state index is 13.2. The number of hydrogen-bond donors (Lipinski definition) is 3. The van der Waals surface area contributed by atoms with Crippen molar-refractivity contribution >= 4 is 32.9 Å². The van der Waals surface area contributed by atoms with Gasteiger partial charge in [-0.1, -0.05) is 49.4 Å². The molecule has 3 unspecified atom stereocenters. The average molecular weight is 532 g/mol. The first-order valence-electron chi connectivity index (χ1n) is 11.9. The minimum absolute atomic E-state index is 0.0155. The van der Waals surface area contributed by atoms with Crippen LogP contribution in [-0.4, -0.2) is 53.9 Å². The van der Waals surface area contributed by atoms with Gasteiger partial charge in [0.05, 0.1) is 17.5 Å². The van der Waals surface area contributed by atoms with Crippen molar-refractivity contribution in [2.45, 2.75) is 63.7 Å². The molecule has 0 saturated heterocycles. The number of carbonyl (C=O) groups excluding carboxylic acids is 2. The van der Waals surface area contributed by atoms with E-state index in [0.29, 0.717) is 16.7 Å². The summed E-state index contributed by atoms with van der Waals surface area (Å²) in [5.74, 6) is -1.75. The Bertz CT molecular complexity index is 1280. The maximum atomic E-state index is 13.2. The lowest BCUT2D eigenvalue weighted by Gasteiger charge is -2.26. The van der Waals surface area contributed by atoms with Crippen molar-refractivity contribution < 1.29 is 32.3 Å². The van der Waals surface area contributed by atoms with Crippen molar-refractivity contribution in [3.63, 3.8) is 0 Å². The number of nitrogens with zero attached hydrogens (tertiary/aromatic N) is 1. The van der Waals surface area contributed by atoms with Gasteiger partial charge in [-0.25, -0.2) is 18.2 Å². The highest BCUT2D eigenvalue weighted by Gasteiger charge is 2.33. The molecule has 0 spiro atoms. The second kappa shape index (κ2) is 11.7. The number of alkyl carbamates (subject to hydrolysis) is 1. The Hall–Kier alpha value is -3.44. The molecule has 1 aromatic heterocycles. The number of sulfone groups is 1. The van der Waals surface area contributed by atoms with Gasteiger partial charge in [0.25, 0.3) is 0 Å². The standard InChI is InChI=1S/C26H33N3O7S/c1-5-18(22(30)24-28-19-13-9-10-14-21(19)35-24)27-23(31)20(29-25(32)36-26(2,3)4)16-37(33,34)15-17-11-7-6-8-12-17/h6-14,18,20,22,30H,5,15-16H2,1-4H3,(H,27,31)(H,29,32). The quantitative estimate of drug-likeness (QED) is 0.361. The highest BCUT2D eigenvalue weighted by Crippen LogP contribution is 2.23. The molecule has 2 amide bonds. The SMILES string of the molecule is CCC(NC(=O)C(CS(=O)(=O)Cc1ccccc1)NC(=O)OC(C)(C)C)C(O)c1nc2ccccc2o1. The van der Waals surface area contributed by atoms with Crippen LogP contribution >= 0.6 is 0 Å². The third-order valence-electron chi connectivity index (χ3n) is 5.37. The number of carbonyl (C=O) groups is 2. The minimum atomic E-state index is -3.82. The Labute approximate surface area is 216 Å². The number of aliphatic hydroxyl groups excluding tert-OH is 1. The molecule has 3 N–H and O–H groups in total. The van der Waals surface area contributed by atoms with Gasteiger partial charge in [0, 0.05) is 0 Å². The molecule has 11 heteroatoms. The fourth-order valence-electron chi connectivity index (χ4n) is 3.65.